The molecule has 1 N–H and O–H groups in total. The summed E-state index contributed by atoms with van der Waals surface area (Å²) in [5.41, 5.74) is 3.54. The van der Waals surface area contributed by atoms with Crippen LogP contribution in [-0.4, -0.2) is 30.6 Å². The van der Waals surface area contributed by atoms with Gasteiger partial charge in [-0.05, 0) is 29.8 Å². The first-order valence-electron chi connectivity index (χ1n) is 8.05. The second-order valence-corrected chi connectivity index (χ2v) is 6.92. The van der Waals surface area contributed by atoms with Crippen LogP contribution in [0, 0.1) is 0 Å². The lowest BCUT2D eigenvalue weighted by molar-refractivity contribution is 0.677. The summed E-state index contributed by atoms with van der Waals surface area (Å²) in [4.78, 5) is 12.2. The Morgan fingerprint density at radius 1 is 1.04 bits per heavy atom. The third-order valence-electron chi connectivity index (χ3n) is 3.78. The molecule has 4 nitrogen and oxygen atoms in total. The van der Waals surface area contributed by atoms with Crippen LogP contribution in [0.2, 0.25) is 0 Å². The van der Waals surface area contributed by atoms with Gasteiger partial charge in [0.1, 0.15) is 5.01 Å². The van der Waals surface area contributed by atoms with Crippen LogP contribution in [0.25, 0.3) is 10.4 Å². The molecule has 0 saturated heterocycles. The minimum atomic E-state index is 0.799. The van der Waals surface area contributed by atoms with Crippen LogP contribution in [0.4, 0.5) is 5.69 Å². The molecule has 0 saturated carbocycles. The van der Waals surface area contributed by atoms with Crippen molar-refractivity contribution in [2.24, 2.45) is 0 Å². The molecule has 0 unspecified atom stereocenters. The fourth-order valence-electron chi connectivity index (χ4n) is 2.41. The lowest BCUT2D eigenvalue weighted by atomic mass is 10.2. The maximum atomic E-state index is 4.52. The van der Waals surface area contributed by atoms with Crippen LogP contribution in [0.3, 0.4) is 0 Å². The van der Waals surface area contributed by atoms with E-state index in [1.165, 1.54) is 16.1 Å². The number of aromatic nitrogens is 2. The molecule has 5 heteroatoms. The lowest BCUT2D eigenvalue weighted by Crippen LogP contribution is -2.16. The molecular formula is C19H22N4S. The van der Waals surface area contributed by atoms with Gasteiger partial charge in [0.25, 0.3) is 0 Å². The molecule has 2 aromatic heterocycles. The molecule has 0 atom stereocenters. The number of nitrogens with zero attached hydrogens (tertiary/aromatic N) is 3. The Kier molecular flexibility index (Phi) is 5.56. The van der Waals surface area contributed by atoms with Gasteiger partial charge in [-0.3, -0.25) is 4.98 Å². The largest absolute Gasteiger partial charge is 0.378 e. The highest BCUT2D eigenvalue weighted by atomic mass is 32.1. The number of rotatable bonds is 7. The van der Waals surface area contributed by atoms with Gasteiger partial charge in [0.15, 0.2) is 0 Å². The third-order valence-corrected chi connectivity index (χ3v) is 4.83. The molecule has 0 aliphatic carbocycles. The van der Waals surface area contributed by atoms with Crippen LogP contribution < -0.4 is 10.2 Å². The van der Waals surface area contributed by atoms with E-state index in [-0.39, 0.29) is 0 Å². The zero-order chi connectivity index (χ0) is 16.8. The van der Waals surface area contributed by atoms with Crippen LogP contribution in [-0.2, 0) is 13.0 Å². The number of hydrogen-bond acceptors (Lipinski definition) is 5. The average molecular weight is 338 g/mol. The van der Waals surface area contributed by atoms with Crippen LogP contribution in [0.5, 0.6) is 0 Å². The summed E-state index contributed by atoms with van der Waals surface area (Å²) in [5.74, 6) is 0. The first kappa shape index (κ1) is 16.6. The number of hydrogen-bond donors (Lipinski definition) is 1. The van der Waals surface area contributed by atoms with Crippen molar-refractivity contribution >= 4 is 17.0 Å². The fourth-order valence-corrected chi connectivity index (χ4v) is 3.30. The molecule has 1 aromatic carbocycles. The van der Waals surface area contributed by atoms with Gasteiger partial charge in [-0.2, -0.15) is 0 Å². The Hall–Kier alpha value is -2.24. The molecule has 0 aliphatic heterocycles. The number of pyridine rings is 1. The zero-order valence-corrected chi connectivity index (χ0v) is 14.9. The molecule has 0 bridgehead atoms. The van der Waals surface area contributed by atoms with E-state index >= 15 is 0 Å². The van der Waals surface area contributed by atoms with Gasteiger partial charge >= 0.3 is 0 Å². The van der Waals surface area contributed by atoms with Crippen molar-refractivity contribution in [1.29, 1.82) is 0 Å². The zero-order valence-electron chi connectivity index (χ0n) is 14.1. The Balaban J connectivity index is 1.52. The molecular weight excluding hydrogens is 316 g/mol. The van der Waals surface area contributed by atoms with Crippen molar-refractivity contribution < 1.29 is 0 Å². The van der Waals surface area contributed by atoms with Crippen molar-refractivity contribution in [3.05, 3.63) is 65.6 Å². The molecule has 0 fully saturated rings. The van der Waals surface area contributed by atoms with E-state index in [9.17, 15) is 0 Å². The molecule has 3 aromatic rings. The Morgan fingerprint density at radius 2 is 1.88 bits per heavy atom. The number of thiazole rings is 1. The molecule has 0 aliphatic rings. The minimum absolute atomic E-state index is 0.799. The number of anilines is 1. The van der Waals surface area contributed by atoms with Crippen molar-refractivity contribution in [1.82, 2.24) is 15.3 Å². The molecule has 0 radical (unpaired) electrons. The highest BCUT2D eigenvalue weighted by molar-refractivity contribution is 7.15. The van der Waals surface area contributed by atoms with Crippen molar-refractivity contribution in [2.75, 3.05) is 25.5 Å². The monoisotopic (exact) mass is 338 g/mol. The number of benzene rings is 1. The maximum Gasteiger partial charge on any atom is 0.107 e. The van der Waals surface area contributed by atoms with E-state index < -0.39 is 0 Å². The van der Waals surface area contributed by atoms with Gasteiger partial charge < -0.3 is 10.2 Å². The normalized spacial score (nSPS) is 10.8. The summed E-state index contributed by atoms with van der Waals surface area (Å²) in [6, 6.07) is 14.6. The third kappa shape index (κ3) is 4.40. The Bertz CT molecular complexity index is 751. The van der Waals surface area contributed by atoms with Gasteiger partial charge in [0.2, 0.25) is 0 Å². The van der Waals surface area contributed by atoms with Gasteiger partial charge in [0.05, 0.1) is 4.88 Å². The van der Waals surface area contributed by atoms with Crippen LogP contribution >= 0.6 is 11.3 Å². The summed E-state index contributed by atoms with van der Waals surface area (Å²) < 4.78 is 0. The number of nitrogens with one attached hydrogen (secondary N) is 1. The average Bonchev–Trinajstić information content (AvgIpc) is 3.09. The summed E-state index contributed by atoms with van der Waals surface area (Å²) in [6.45, 7) is 1.71. The summed E-state index contributed by atoms with van der Waals surface area (Å²) in [7, 11) is 4.10. The van der Waals surface area contributed by atoms with E-state index in [4.69, 9.17) is 0 Å². The molecule has 3 rings (SSSR count). The minimum Gasteiger partial charge on any atom is -0.378 e. The second kappa shape index (κ2) is 8.04. The van der Waals surface area contributed by atoms with E-state index in [1.54, 1.807) is 11.3 Å². The van der Waals surface area contributed by atoms with E-state index in [2.05, 4.69) is 64.6 Å². The predicted octanol–water partition coefficient (Wildman–Crippen LogP) is 3.60. The van der Waals surface area contributed by atoms with Crippen molar-refractivity contribution in [3.63, 3.8) is 0 Å². The predicted molar refractivity (Wildman–Crippen MR) is 102 cm³/mol. The maximum absolute atomic E-state index is 4.52. The first-order chi connectivity index (χ1) is 11.7. The van der Waals surface area contributed by atoms with E-state index in [0.717, 1.165) is 30.2 Å². The van der Waals surface area contributed by atoms with Gasteiger partial charge in [0, 0.05) is 57.4 Å². The summed E-state index contributed by atoms with van der Waals surface area (Å²) in [5, 5.41) is 4.55. The standard InChI is InChI=1S/C19H22N4S/c1-23(2)17-8-6-15(7-9-17)18-13-22-19(24-18)14-20-12-10-16-5-3-4-11-21-16/h3-9,11,13,20H,10,12,14H2,1-2H3. The fraction of sp³-hybridized carbons (Fsp3) is 0.263. The van der Waals surface area contributed by atoms with Crippen molar-refractivity contribution in [2.45, 2.75) is 13.0 Å². The topological polar surface area (TPSA) is 41.1 Å². The summed E-state index contributed by atoms with van der Waals surface area (Å²) >= 11 is 1.74. The first-order valence-corrected chi connectivity index (χ1v) is 8.87. The van der Waals surface area contributed by atoms with E-state index in [0.29, 0.717) is 0 Å². The molecule has 0 spiro atoms. The van der Waals surface area contributed by atoms with Gasteiger partial charge in [-0.1, -0.05) is 18.2 Å². The second-order valence-electron chi connectivity index (χ2n) is 5.81. The Morgan fingerprint density at radius 3 is 2.58 bits per heavy atom. The van der Waals surface area contributed by atoms with E-state index in [1.807, 2.05) is 24.5 Å². The quantitative estimate of drug-likeness (QED) is 0.668. The lowest BCUT2D eigenvalue weighted by Gasteiger charge is -2.12. The SMILES string of the molecule is CN(C)c1ccc(-c2cnc(CNCCc3ccccn3)s2)cc1. The molecule has 124 valence electrons. The smallest absolute Gasteiger partial charge is 0.107 e. The van der Waals surface area contributed by atoms with Gasteiger partial charge in [-0.25, -0.2) is 4.98 Å². The molecule has 2 heterocycles. The highest BCUT2D eigenvalue weighted by Crippen LogP contribution is 2.27. The Labute approximate surface area is 147 Å². The van der Waals surface area contributed by atoms with Crippen LogP contribution in [0.15, 0.2) is 54.9 Å². The molecule has 24 heavy (non-hydrogen) atoms. The summed E-state index contributed by atoms with van der Waals surface area (Å²) in [6.07, 6.45) is 4.74. The molecule has 0 amide bonds. The van der Waals surface area contributed by atoms with Gasteiger partial charge in [-0.15, -0.1) is 11.3 Å². The highest BCUT2D eigenvalue weighted by Gasteiger charge is 2.05. The van der Waals surface area contributed by atoms with Crippen molar-refractivity contribution in [3.8, 4) is 10.4 Å². The van der Waals surface area contributed by atoms with Crippen LogP contribution in [0.1, 0.15) is 10.7 Å².